The fourth-order valence-electron chi connectivity index (χ4n) is 1.24. The standard InChI is InChI=1S/C9H14ClNO/c10-5-2-7-11-6-1-3-9(11)4-8-12/h1,3,6,12H,2,4-5,7-8H2. The van der Waals surface area contributed by atoms with E-state index in [1.54, 1.807) is 0 Å². The lowest BCUT2D eigenvalue weighted by atomic mass is 10.3. The van der Waals surface area contributed by atoms with Crippen LogP contribution in [0, 0.1) is 0 Å². The van der Waals surface area contributed by atoms with Crippen LogP contribution in [0.15, 0.2) is 18.3 Å². The van der Waals surface area contributed by atoms with Crippen molar-refractivity contribution in [2.24, 2.45) is 0 Å². The number of alkyl halides is 1. The quantitative estimate of drug-likeness (QED) is 0.697. The summed E-state index contributed by atoms with van der Waals surface area (Å²) in [4.78, 5) is 0. The van der Waals surface area contributed by atoms with Crippen molar-refractivity contribution < 1.29 is 5.11 Å². The van der Waals surface area contributed by atoms with Crippen LogP contribution in [-0.4, -0.2) is 22.2 Å². The smallest absolute Gasteiger partial charge is 0.0485 e. The SMILES string of the molecule is OCCc1cccn1CCCCl. The molecule has 0 spiro atoms. The van der Waals surface area contributed by atoms with E-state index < -0.39 is 0 Å². The number of nitrogens with zero attached hydrogens (tertiary/aromatic N) is 1. The molecule has 0 aliphatic carbocycles. The van der Waals surface area contributed by atoms with Crippen LogP contribution in [0.3, 0.4) is 0 Å². The second kappa shape index (κ2) is 5.22. The number of rotatable bonds is 5. The van der Waals surface area contributed by atoms with Crippen LogP contribution in [0.25, 0.3) is 0 Å². The maximum atomic E-state index is 8.75. The lowest BCUT2D eigenvalue weighted by Gasteiger charge is -2.06. The van der Waals surface area contributed by atoms with Gasteiger partial charge in [0, 0.05) is 37.3 Å². The predicted molar refractivity (Wildman–Crippen MR) is 50.6 cm³/mol. The van der Waals surface area contributed by atoms with Gasteiger partial charge in [-0.3, -0.25) is 0 Å². The highest BCUT2D eigenvalue weighted by Crippen LogP contribution is 2.04. The summed E-state index contributed by atoms with van der Waals surface area (Å²) in [6, 6.07) is 4.03. The second-order valence-corrected chi connectivity index (χ2v) is 3.09. The lowest BCUT2D eigenvalue weighted by molar-refractivity contribution is 0.296. The number of aliphatic hydroxyl groups is 1. The average molecular weight is 188 g/mol. The van der Waals surface area contributed by atoms with Crippen molar-refractivity contribution in [2.45, 2.75) is 19.4 Å². The molecule has 0 radical (unpaired) electrons. The second-order valence-electron chi connectivity index (χ2n) is 2.71. The highest BCUT2D eigenvalue weighted by Gasteiger charge is 1.98. The van der Waals surface area contributed by atoms with Gasteiger partial charge in [0.15, 0.2) is 0 Å². The fourth-order valence-corrected chi connectivity index (χ4v) is 1.36. The van der Waals surface area contributed by atoms with Gasteiger partial charge in [0.1, 0.15) is 0 Å². The number of aromatic nitrogens is 1. The largest absolute Gasteiger partial charge is 0.396 e. The molecule has 0 aliphatic rings. The first-order valence-electron chi connectivity index (χ1n) is 4.19. The van der Waals surface area contributed by atoms with Gasteiger partial charge in [-0.1, -0.05) is 0 Å². The van der Waals surface area contributed by atoms with E-state index in [-0.39, 0.29) is 6.61 Å². The van der Waals surface area contributed by atoms with Crippen LogP contribution in [0.2, 0.25) is 0 Å². The maximum Gasteiger partial charge on any atom is 0.0485 e. The minimum Gasteiger partial charge on any atom is -0.396 e. The first-order valence-corrected chi connectivity index (χ1v) is 4.72. The molecule has 0 aliphatic heterocycles. The van der Waals surface area contributed by atoms with Crippen molar-refractivity contribution in [1.82, 2.24) is 4.57 Å². The topological polar surface area (TPSA) is 25.2 Å². The summed E-state index contributed by atoms with van der Waals surface area (Å²) in [7, 11) is 0. The molecule has 3 heteroatoms. The van der Waals surface area contributed by atoms with E-state index in [9.17, 15) is 0 Å². The van der Waals surface area contributed by atoms with Gasteiger partial charge in [0.05, 0.1) is 0 Å². The van der Waals surface area contributed by atoms with E-state index >= 15 is 0 Å². The summed E-state index contributed by atoms with van der Waals surface area (Å²) in [6.45, 7) is 1.16. The molecule has 2 nitrogen and oxygen atoms in total. The average Bonchev–Trinajstić information content (AvgIpc) is 2.50. The van der Waals surface area contributed by atoms with Crippen LogP contribution in [0.5, 0.6) is 0 Å². The number of aryl methyl sites for hydroxylation is 1. The minimum absolute atomic E-state index is 0.213. The van der Waals surface area contributed by atoms with Gasteiger partial charge in [-0.2, -0.15) is 0 Å². The van der Waals surface area contributed by atoms with Gasteiger partial charge in [0.2, 0.25) is 0 Å². The molecule has 1 N–H and O–H groups in total. The Labute approximate surface area is 77.8 Å². The number of aliphatic hydroxyl groups excluding tert-OH is 1. The molecule has 1 rings (SSSR count). The van der Waals surface area contributed by atoms with Crippen molar-refractivity contribution in [1.29, 1.82) is 0 Å². The third kappa shape index (κ3) is 2.54. The Kier molecular flexibility index (Phi) is 4.19. The summed E-state index contributed by atoms with van der Waals surface area (Å²) in [5.41, 5.74) is 1.18. The fraction of sp³-hybridized carbons (Fsp3) is 0.556. The zero-order chi connectivity index (χ0) is 8.81. The van der Waals surface area contributed by atoms with Crippen LogP contribution in [0.1, 0.15) is 12.1 Å². The zero-order valence-corrected chi connectivity index (χ0v) is 7.80. The van der Waals surface area contributed by atoms with E-state index in [2.05, 4.69) is 4.57 Å². The summed E-state index contributed by atoms with van der Waals surface area (Å²) in [5.74, 6) is 0.691. The highest BCUT2D eigenvalue weighted by molar-refractivity contribution is 6.17. The Morgan fingerprint density at radius 2 is 2.33 bits per heavy atom. The molecule has 0 fully saturated rings. The predicted octanol–water partition coefficient (Wildman–Crippen LogP) is 1.65. The molecule has 0 bridgehead atoms. The highest BCUT2D eigenvalue weighted by atomic mass is 35.5. The first-order chi connectivity index (χ1) is 5.88. The first kappa shape index (κ1) is 9.62. The van der Waals surface area contributed by atoms with Crippen LogP contribution in [0.4, 0.5) is 0 Å². The van der Waals surface area contributed by atoms with E-state index in [4.69, 9.17) is 16.7 Å². The van der Waals surface area contributed by atoms with Crippen molar-refractivity contribution >= 4 is 11.6 Å². The third-order valence-corrected chi connectivity index (χ3v) is 2.09. The molecule has 0 unspecified atom stereocenters. The molecule has 12 heavy (non-hydrogen) atoms. The Hall–Kier alpha value is -0.470. The summed E-state index contributed by atoms with van der Waals surface area (Å²) in [6.07, 6.45) is 3.74. The molecule has 1 aromatic heterocycles. The zero-order valence-electron chi connectivity index (χ0n) is 7.04. The molecule has 68 valence electrons. The number of hydrogen-bond donors (Lipinski definition) is 1. The summed E-state index contributed by atoms with van der Waals surface area (Å²) >= 11 is 5.59. The Morgan fingerprint density at radius 3 is 3.00 bits per heavy atom. The summed E-state index contributed by atoms with van der Waals surface area (Å²) < 4.78 is 2.14. The van der Waals surface area contributed by atoms with E-state index in [0.29, 0.717) is 5.88 Å². The Morgan fingerprint density at radius 1 is 1.50 bits per heavy atom. The van der Waals surface area contributed by atoms with E-state index in [1.807, 2.05) is 18.3 Å². The van der Waals surface area contributed by atoms with Crippen molar-refractivity contribution in [3.63, 3.8) is 0 Å². The third-order valence-electron chi connectivity index (χ3n) is 1.82. The van der Waals surface area contributed by atoms with Crippen LogP contribution >= 0.6 is 11.6 Å². The molecule has 0 saturated carbocycles. The monoisotopic (exact) mass is 187 g/mol. The van der Waals surface area contributed by atoms with Gasteiger partial charge in [0.25, 0.3) is 0 Å². The number of hydrogen-bond acceptors (Lipinski definition) is 1. The summed E-state index contributed by atoms with van der Waals surface area (Å²) in [5, 5.41) is 8.75. The van der Waals surface area contributed by atoms with Crippen molar-refractivity contribution in [2.75, 3.05) is 12.5 Å². The molecule has 1 aromatic rings. The Bertz CT molecular complexity index is 222. The molecule has 0 atom stereocenters. The van der Waals surface area contributed by atoms with Crippen LogP contribution in [-0.2, 0) is 13.0 Å². The number of halogens is 1. The van der Waals surface area contributed by atoms with Gasteiger partial charge < -0.3 is 9.67 Å². The molecule has 0 aromatic carbocycles. The molecule has 1 heterocycles. The van der Waals surface area contributed by atoms with Crippen molar-refractivity contribution in [3.8, 4) is 0 Å². The Balaban J connectivity index is 2.51. The van der Waals surface area contributed by atoms with Gasteiger partial charge in [-0.05, 0) is 18.6 Å². The van der Waals surface area contributed by atoms with E-state index in [1.165, 1.54) is 5.69 Å². The van der Waals surface area contributed by atoms with Gasteiger partial charge >= 0.3 is 0 Å². The molecular formula is C9H14ClNO. The van der Waals surface area contributed by atoms with Crippen LogP contribution < -0.4 is 0 Å². The van der Waals surface area contributed by atoms with E-state index in [0.717, 1.165) is 19.4 Å². The molecular weight excluding hydrogens is 174 g/mol. The maximum absolute atomic E-state index is 8.75. The van der Waals surface area contributed by atoms with Gasteiger partial charge in [-0.15, -0.1) is 11.6 Å². The minimum atomic E-state index is 0.213. The lowest BCUT2D eigenvalue weighted by Crippen LogP contribution is -2.04. The molecule has 0 saturated heterocycles. The van der Waals surface area contributed by atoms with Gasteiger partial charge in [-0.25, -0.2) is 0 Å². The normalized spacial score (nSPS) is 10.5. The molecule has 0 amide bonds. The van der Waals surface area contributed by atoms with Crippen molar-refractivity contribution in [3.05, 3.63) is 24.0 Å².